The van der Waals surface area contributed by atoms with E-state index >= 15 is 0 Å². The predicted octanol–water partition coefficient (Wildman–Crippen LogP) is -0.627. The molecule has 0 aliphatic rings. The van der Waals surface area contributed by atoms with E-state index in [0.717, 1.165) is 0 Å². The van der Waals surface area contributed by atoms with Crippen molar-refractivity contribution in [1.29, 1.82) is 0 Å². The van der Waals surface area contributed by atoms with Crippen LogP contribution in [-0.2, 0) is 10.0 Å². The highest BCUT2D eigenvalue weighted by Gasteiger charge is 2.22. The minimum atomic E-state index is -3.69. The number of hydrogen-bond acceptors (Lipinski definition) is 8. The van der Waals surface area contributed by atoms with Gasteiger partial charge >= 0.3 is 0 Å². The second-order valence-corrected chi connectivity index (χ2v) is 6.59. The summed E-state index contributed by atoms with van der Waals surface area (Å²) in [6, 6.07) is 3.00. The molecule has 0 saturated heterocycles. The highest BCUT2D eigenvalue weighted by molar-refractivity contribution is 7.89. The molecule has 0 fully saturated rings. The molecule has 0 aliphatic heterocycles. The van der Waals surface area contributed by atoms with Crippen LogP contribution in [0.25, 0.3) is 11.0 Å². The van der Waals surface area contributed by atoms with Gasteiger partial charge < -0.3 is 9.91 Å². The Morgan fingerprint density at radius 3 is 2.52 bits per heavy atom. The van der Waals surface area contributed by atoms with Gasteiger partial charge in [0, 0.05) is 20.1 Å². The summed E-state index contributed by atoms with van der Waals surface area (Å²) < 4.78 is 31.8. The number of hydrazine groups is 1. The summed E-state index contributed by atoms with van der Waals surface area (Å²) in [6.45, 7) is 0.879. The number of hydrogen-bond donors (Lipinski definition) is 2. The van der Waals surface area contributed by atoms with E-state index in [9.17, 15) is 8.42 Å². The van der Waals surface area contributed by atoms with E-state index in [-0.39, 0.29) is 10.4 Å². The Balaban J connectivity index is 2.38. The minimum Gasteiger partial charge on any atom is -0.312 e. The molecule has 10 heteroatoms. The van der Waals surface area contributed by atoms with Crippen molar-refractivity contribution in [3.05, 3.63) is 12.1 Å². The molecule has 2 aromatic rings. The molecule has 0 aliphatic carbocycles. The lowest BCUT2D eigenvalue weighted by Crippen LogP contribution is -2.31. The second-order valence-electron chi connectivity index (χ2n) is 4.86. The van der Waals surface area contributed by atoms with Crippen LogP contribution in [0.1, 0.15) is 0 Å². The lowest BCUT2D eigenvalue weighted by molar-refractivity contribution is 0.315. The average molecular weight is 314 g/mol. The molecule has 116 valence electrons. The Morgan fingerprint density at radius 2 is 1.90 bits per heavy atom. The zero-order valence-corrected chi connectivity index (χ0v) is 12.9. The zero-order chi connectivity index (χ0) is 15.6. The van der Waals surface area contributed by atoms with Crippen molar-refractivity contribution in [2.45, 2.75) is 4.90 Å². The van der Waals surface area contributed by atoms with E-state index in [2.05, 4.69) is 19.7 Å². The van der Waals surface area contributed by atoms with E-state index in [0.29, 0.717) is 24.3 Å². The summed E-state index contributed by atoms with van der Waals surface area (Å²) >= 11 is 0. The number of aromatic nitrogens is 2. The van der Waals surface area contributed by atoms with Crippen molar-refractivity contribution >= 4 is 26.7 Å². The van der Waals surface area contributed by atoms with E-state index in [4.69, 9.17) is 5.84 Å². The summed E-state index contributed by atoms with van der Waals surface area (Å²) in [4.78, 5) is 1.89. The van der Waals surface area contributed by atoms with E-state index in [1.165, 1.54) is 11.1 Å². The lowest BCUT2D eigenvalue weighted by atomic mass is 10.2. The van der Waals surface area contributed by atoms with Gasteiger partial charge in [0.1, 0.15) is 4.90 Å². The van der Waals surface area contributed by atoms with E-state index in [1.54, 1.807) is 13.1 Å². The average Bonchev–Trinajstić information content (AvgIpc) is 2.85. The molecule has 0 saturated carbocycles. The Bertz CT molecular complexity index is 725. The third kappa shape index (κ3) is 3.29. The first kappa shape index (κ1) is 15.6. The van der Waals surface area contributed by atoms with Crippen LogP contribution in [0.5, 0.6) is 0 Å². The van der Waals surface area contributed by atoms with E-state index in [1.807, 2.05) is 19.0 Å². The van der Waals surface area contributed by atoms with Gasteiger partial charge in [0.15, 0.2) is 11.0 Å². The maximum absolute atomic E-state index is 12.3. The third-order valence-electron chi connectivity index (χ3n) is 2.88. The smallest absolute Gasteiger partial charge is 0.242 e. The van der Waals surface area contributed by atoms with Gasteiger partial charge in [-0.25, -0.2) is 23.6 Å². The molecule has 1 heterocycles. The van der Waals surface area contributed by atoms with Crippen molar-refractivity contribution in [3.63, 3.8) is 0 Å². The first-order chi connectivity index (χ1) is 9.83. The number of nitrogens with one attached hydrogen (secondary N) is 1. The molecule has 0 unspecified atom stereocenters. The molecule has 1 aromatic carbocycles. The van der Waals surface area contributed by atoms with Crippen molar-refractivity contribution in [2.75, 3.05) is 39.2 Å². The number of anilines is 1. The molecule has 0 atom stereocenters. The van der Waals surface area contributed by atoms with Crippen molar-refractivity contribution in [1.82, 2.24) is 19.9 Å². The van der Waals surface area contributed by atoms with Crippen LogP contribution in [0.4, 0.5) is 5.69 Å². The van der Waals surface area contributed by atoms with Gasteiger partial charge in [-0.05, 0) is 36.5 Å². The topological polar surface area (TPSA) is 118 Å². The monoisotopic (exact) mass is 314 g/mol. The molecule has 21 heavy (non-hydrogen) atoms. The van der Waals surface area contributed by atoms with E-state index < -0.39 is 10.0 Å². The fourth-order valence-corrected chi connectivity index (χ4v) is 2.96. The quantitative estimate of drug-likeness (QED) is 0.535. The summed E-state index contributed by atoms with van der Waals surface area (Å²) in [7, 11) is 1.65. The fraction of sp³-hybridized carbons (Fsp3) is 0.455. The molecule has 0 bridgehead atoms. The summed E-state index contributed by atoms with van der Waals surface area (Å²) in [6.07, 6.45) is 0. The van der Waals surface area contributed by atoms with Crippen LogP contribution >= 0.6 is 0 Å². The van der Waals surface area contributed by atoms with Gasteiger partial charge in [-0.15, -0.1) is 0 Å². The predicted molar refractivity (Wildman–Crippen MR) is 78.1 cm³/mol. The molecule has 3 N–H and O–H groups in total. The van der Waals surface area contributed by atoms with Crippen LogP contribution in [0.2, 0.25) is 0 Å². The SMILES string of the molecule is CN(C)CCNS(=O)(=O)c1ccc(N(C)N)c2nonc12. The summed E-state index contributed by atoms with van der Waals surface area (Å²) in [5, 5.41) is 8.71. The van der Waals surface area contributed by atoms with Gasteiger partial charge in [-0.3, -0.25) is 0 Å². The first-order valence-corrected chi connectivity index (χ1v) is 7.69. The number of nitrogens with two attached hydrogens (primary N) is 1. The molecular formula is C11H18N6O3S. The maximum atomic E-state index is 12.3. The largest absolute Gasteiger partial charge is 0.312 e. The number of likely N-dealkylation sites (N-methyl/N-ethyl adjacent to an activating group) is 1. The number of benzene rings is 1. The Labute approximate surface area is 122 Å². The van der Waals surface area contributed by atoms with Gasteiger partial charge in [0.05, 0.1) is 5.69 Å². The van der Waals surface area contributed by atoms with Gasteiger partial charge in [0.25, 0.3) is 0 Å². The number of fused-ring (bicyclic) bond motifs is 1. The number of sulfonamides is 1. The fourth-order valence-electron chi connectivity index (χ4n) is 1.81. The highest BCUT2D eigenvalue weighted by Crippen LogP contribution is 2.27. The van der Waals surface area contributed by atoms with Crippen LogP contribution in [-0.4, -0.2) is 57.9 Å². The van der Waals surface area contributed by atoms with Crippen LogP contribution in [0.15, 0.2) is 21.7 Å². The minimum absolute atomic E-state index is 0.0168. The molecular weight excluding hydrogens is 296 g/mol. The Morgan fingerprint density at radius 1 is 1.24 bits per heavy atom. The molecule has 9 nitrogen and oxygen atoms in total. The summed E-state index contributed by atoms with van der Waals surface area (Å²) in [5.41, 5.74) is 0.983. The zero-order valence-electron chi connectivity index (χ0n) is 12.1. The number of nitrogens with zero attached hydrogens (tertiary/aromatic N) is 4. The van der Waals surface area contributed by atoms with Gasteiger partial charge in [0.2, 0.25) is 10.0 Å². The lowest BCUT2D eigenvalue weighted by Gasteiger charge is -2.14. The second kappa shape index (κ2) is 5.93. The van der Waals surface area contributed by atoms with Gasteiger partial charge in [-0.2, -0.15) is 0 Å². The van der Waals surface area contributed by atoms with Crippen molar-refractivity contribution < 1.29 is 13.0 Å². The summed E-state index contributed by atoms with van der Waals surface area (Å²) in [5.74, 6) is 5.66. The van der Waals surface area contributed by atoms with Crippen molar-refractivity contribution in [2.24, 2.45) is 5.84 Å². The van der Waals surface area contributed by atoms with Crippen LogP contribution < -0.4 is 15.6 Å². The first-order valence-electron chi connectivity index (χ1n) is 6.21. The Hall–Kier alpha value is -1.75. The van der Waals surface area contributed by atoms with Gasteiger partial charge in [-0.1, -0.05) is 0 Å². The standard InChI is InChI=1S/C11H18N6O3S/c1-16(2)7-6-13-21(18,19)9-5-4-8(17(3)12)10-11(9)15-20-14-10/h4-5,13H,6-7,12H2,1-3H3. The van der Waals surface area contributed by atoms with Crippen LogP contribution in [0.3, 0.4) is 0 Å². The Kier molecular flexibility index (Phi) is 4.42. The third-order valence-corrected chi connectivity index (χ3v) is 4.37. The normalized spacial score (nSPS) is 12.2. The molecule has 0 radical (unpaired) electrons. The maximum Gasteiger partial charge on any atom is 0.242 e. The number of rotatable bonds is 6. The molecule has 1 aromatic heterocycles. The van der Waals surface area contributed by atoms with Crippen molar-refractivity contribution in [3.8, 4) is 0 Å². The molecule has 0 spiro atoms. The van der Waals surface area contributed by atoms with Crippen LogP contribution in [0, 0.1) is 0 Å². The highest BCUT2D eigenvalue weighted by atomic mass is 32.2. The molecule has 0 amide bonds. The molecule has 2 rings (SSSR count).